The van der Waals surface area contributed by atoms with Crippen molar-refractivity contribution in [1.82, 2.24) is 4.98 Å². The van der Waals surface area contributed by atoms with E-state index in [0.29, 0.717) is 22.8 Å². The Balaban J connectivity index is 1.86. The Kier molecular flexibility index (Phi) is 3.91. The Bertz CT molecular complexity index is 819. The van der Waals surface area contributed by atoms with Gasteiger partial charge in [0.2, 0.25) is 0 Å². The van der Waals surface area contributed by atoms with Crippen LogP contribution in [0.25, 0.3) is 0 Å². The predicted octanol–water partition coefficient (Wildman–Crippen LogP) is 2.77. The number of halogens is 3. The van der Waals surface area contributed by atoms with Crippen molar-refractivity contribution in [3.05, 3.63) is 34.3 Å². The monoisotopic (exact) mass is 357 g/mol. The zero-order valence-corrected chi connectivity index (χ0v) is 13.0. The molecule has 0 saturated heterocycles. The predicted molar refractivity (Wildman–Crippen MR) is 80.4 cm³/mol. The first kappa shape index (κ1) is 16.2. The fraction of sp³-hybridized carbons (Fsp3) is 0.214. The van der Waals surface area contributed by atoms with E-state index < -0.39 is 22.7 Å². The zero-order chi connectivity index (χ0) is 17.5. The molecule has 0 atom stereocenters. The summed E-state index contributed by atoms with van der Waals surface area (Å²) in [6.45, 7) is -0.0922. The summed E-state index contributed by atoms with van der Waals surface area (Å²) in [6.07, 6.45) is -4.71. The zero-order valence-electron chi connectivity index (χ0n) is 12.2. The molecule has 1 aliphatic rings. The van der Waals surface area contributed by atoms with Gasteiger partial charge in [0.15, 0.2) is 12.3 Å². The van der Waals surface area contributed by atoms with Crippen LogP contribution in [0.1, 0.15) is 15.4 Å². The highest BCUT2D eigenvalue weighted by Gasteiger charge is 2.38. The first-order valence-electron chi connectivity index (χ1n) is 6.63. The molecule has 1 aromatic heterocycles. The molecule has 1 aromatic carbocycles. The number of likely N-dealkylation sites (N-methyl/N-ethyl adjacent to an activating group) is 1. The molecule has 1 aliphatic heterocycles. The molecule has 24 heavy (non-hydrogen) atoms. The third-order valence-corrected chi connectivity index (χ3v) is 4.17. The number of thiazole rings is 1. The van der Waals surface area contributed by atoms with Crippen LogP contribution in [0, 0.1) is 0 Å². The van der Waals surface area contributed by atoms with Crippen LogP contribution < -0.4 is 15.0 Å². The van der Waals surface area contributed by atoms with Gasteiger partial charge in [0.05, 0.1) is 11.2 Å². The average Bonchev–Trinajstić information content (AvgIpc) is 3.01. The van der Waals surface area contributed by atoms with Crippen molar-refractivity contribution in [3.8, 4) is 5.75 Å². The Morgan fingerprint density at radius 3 is 2.88 bits per heavy atom. The smallest absolute Gasteiger partial charge is 0.434 e. The highest BCUT2D eigenvalue weighted by Crippen LogP contribution is 2.35. The summed E-state index contributed by atoms with van der Waals surface area (Å²) in [5.41, 5.74) is 0.402. The van der Waals surface area contributed by atoms with Crippen molar-refractivity contribution in [2.75, 3.05) is 23.9 Å². The van der Waals surface area contributed by atoms with E-state index >= 15 is 0 Å². The Labute approximate surface area is 137 Å². The third kappa shape index (κ3) is 2.92. The molecule has 0 spiro atoms. The quantitative estimate of drug-likeness (QED) is 0.897. The second kappa shape index (κ2) is 5.78. The highest BCUT2D eigenvalue weighted by atomic mass is 32.1. The number of hydrogen-bond donors (Lipinski definition) is 1. The van der Waals surface area contributed by atoms with Gasteiger partial charge in [-0.05, 0) is 18.2 Å². The number of anilines is 2. The second-order valence-corrected chi connectivity index (χ2v) is 5.76. The minimum Gasteiger partial charge on any atom is -0.482 e. The third-order valence-electron chi connectivity index (χ3n) is 3.35. The fourth-order valence-electron chi connectivity index (χ4n) is 2.15. The minimum absolute atomic E-state index is 0.0922. The molecule has 0 saturated carbocycles. The summed E-state index contributed by atoms with van der Waals surface area (Å²) in [6, 6.07) is 4.47. The van der Waals surface area contributed by atoms with Crippen LogP contribution in [0.5, 0.6) is 5.75 Å². The molecule has 0 unspecified atom stereocenters. The number of hydrogen-bond acceptors (Lipinski definition) is 5. The second-order valence-electron chi connectivity index (χ2n) is 4.91. The van der Waals surface area contributed by atoms with E-state index in [1.165, 1.54) is 23.1 Å². The number of ether oxygens (including phenoxy) is 1. The maximum absolute atomic E-state index is 12.8. The van der Waals surface area contributed by atoms with Crippen molar-refractivity contribution in [3.63, 3.8) is 0 Å². The molecule has 0 fully saturated rings. The van der Waals surface area contributed by atoms with Crippen LogP contribution >= 0.6 is 11.3 Å². The van der Waals surface area contributed by atoms with E-state index in [4.69, 9.17) is 4.74 Å². The lowest BCUT2D eigenvalue weighted by Gasteiger charge is -2.26. The van der Waals surface area contributed by atoms with Gasteiger partial charge < -0.3 is 15.0 Å². The van der Waals surface area contributed by atoms with Crippen molar-refractivity contribution < 1.29 is 27.5 Å². The van der Waals surface area contributed by atoms with E-state index in [2.05, 4.69) is 10.3 Å². The molecule has 10 heteroatoms. The van der Waals surface area contributed by atoms with Crippen LogP contribution in [0.3, 0.4) is 0 Å². The van der Waals surface area contributed by atoms with E-state index in [1.54, 1.807) is 7.05 Å². The molecule has 0 bridgehead atoms. The topological polar surface area (TPSA) is 71.5 Å². The summed E-state index contributed by atoms with van der Waals surface area (Å²) in [7, 11) is 1.54. The van der Waals surface area contributed by atoms with Gasteiger partial charge in [-0.25, -0.2) is 4.98 Å². The van der Waals surface area contributed by atoms with Crippen LogP contribution in [0.2, 0.25) is 0 Å². The van der Waals surface area contributed by atoms with Gasteiger partial charge >= 0.3 is 6.18 Å². The first-order valence-corrected chi connectivity index (χ1v) is 7.51. The number of fused-ring (bicyclic) bond motifs is 1. The van der Waals surface area contributed by atoms with Crippen molar-refractivity contribution in [2.45, 2.75) is 6.18 Å². The number of alkyl halides is 3. The van der Waals surface area contributed by atoms with Gasteiger partial charge in [0, 0.05) is 12.7 Å². The molecule has 2 aromatic rings. The molecule has 2 amide bonds. The Morgan fingerprint density at radius 2 is 2.17 bits per heavy atom. The number of carbonyl (C=O) groups is 2. The first-order chi connectivity index (χ1) is 11.3. The Hall–Kier alpha value is -2.62. The van der Waals surface area contributed by atoms with Gasteiger partial charge in [-0.3, -0.25) is 9.59 Å². The van der Waals surface area contributed by atoms with Crippen molar-refractivity contribution in [1.29, 1.82) is 0 Å². The lowest BCUT2D eigenvalue weighted by molar-refractivity contribution is -0.141. The van der Waals surface area contributed by atoms with Crippen LogP contribution in [-0.4, -0.2) is 30.5 Å². The van der Waals surface area contributed by atoms with Gasteiger partial charge in [0.1, 0.15) is 10.6 Å². The number of aromatic nitrogens is 1. The lowest BCUT2D eigenvalue weighted by Crippen LogP contribution is -2.35. The number of rotatable bonds is 2. The largest absolute Gasteiger partial charge is 0.482 e. The van der Waals surface area contributed by atoms with E-state index in [1.807, 2.05) is 0 Å². The minimum atomic E-state index is -4.71. The average molecular weight is 357 g/mol. The molecule has 126 valence electrons. The summed E-state index contributed by atoms with van der Waals surface area (Å²) in [4.78, 5) is 27.7. The molecule has 2 heterocycles. The summed E-state index contributed by atoms with van der Waals surface area (Å²) < 4.78 is 43.7. The summed E-state index contributed by atoms with van der Waals surface area (Å²) in [5, 5.41) is 2.38. The van der Waals surface area contributed by atoms with E-state index in [9.17, 15) is 22.8 Å². The molecule has 3 rings (SSSR count). The molecule has 0 aliphatic carbocycles. The molecule has 0 radical (unpaired) electrons. The van der Waals surface area contributed by atoms with Crippen LogP contribution in [-0.2, 0) is 11.0 Å². The fourth-order valence-corrected chi connectivity index (χ4v) is 2.85. The maximum atomic E-state index is 12.8. The summed E-state index contributed by atoms with van der Waals surface area (Å²) >= 11 is 0.601. The van der Waals surface area contributed by atoms with Gasteiger partial charge in [-0.1, -0.05) is 0 Å². The van der Waals surface area contributed by atoms with Crippen LogP contribution in [0.4, 0.5) is 24.5 Å². The van der Waals surface area contributed by atoms with Gasteiger partial charge in [0.25, 0.3) is 11.8 Å². The molecular formula is C14H10F3N3O3S. The van der Waals surface area contributed by atoms with Crippen molar-refractivity contribution in [2.24, 2.45) is 0 Å². The van der Waals surface area contributed by atoms with E-state index in [0.717, 1.165) is 5.51 Å². The van der Waals surface area contributed by atoms with Gasteiger partial charge in [-0.15, -0.1) is 11.3 Å². The van der Waals surface area contributed by atoms with E-state index in [-0.39, 0.29) is 18.2 Å². The van der Waals surface area contributed by atoms with Crippen molar-refractivity contribution >= 4 is 34.5 Å². The number of nitrogens with zero attached hydrogens (tertiary/aromatic N) is 2. The number of carbonyl (C=O) groups excluding carboxylic acids is 2. The normalized spacial score (nSPS) is 14.2. The number of amides is 2. The lowest BCUT2D eigenvalue weighted by atomic mass is 10.2. The van der Waals surface area contributed by atoms with Crippen LogP contribution in [0.15, 0.2) is 23.7 Å². The Morgan fingerprint density at radius 1 is 1.42 bits per heavy atom. The summed E-state index contributed by atoms with van der Waals surface area (Å²) in [5.74, 6) is -0.743. The maximum Gasteiger partial charge on any atom is 0.434 e. The van der Waals surface area contributed by atoms with Gasteiger partial charge in [-0.2, -0.15) is 13.2 Å². The standard InChI is InChI=1S/C14H10F3N3O3S/c1-20-8-4-7(2-3-9(8)23-5-10(20)21)19-13(22)11-12(14(15,16)17)18-6-24-11/h2-4,6H,5H2,1H3,(H,19,22). The molecule has 6 nitrogen and oxygen atoms in total. The number of benzene rings is 1. The molecule has 1 N–H and O–H groups in total. The highest BCUT2D eigenvalue weighted by molar-refractivity contribution is 7.12. The SMILES string of the molecule is CN1C(=O)COc2ccc(NC(=O)c3scnc3C(F)(F)F)cc21. The number of nitrogens with one attached hydrogen (secondary N) is 1. The molecular weight excluding hydrogens is 347 g/mol.